The summed E-state index contributed by atoms with van der Waals surface area (Å²) in [6.07, 6.45) is 1.80. The zero-order valence-electron chi connectivity index (χ0n) is 12.5. The molecule has 0 aromatic carbocycles. The van der Waals surface area contributed by atoms with Crippen molar-refractivity contribution in [3.05, 3.63) is 22.4 Å². The Hall–Kier alpha value is -1.40. The van der Waals surface area contributed by atoms with Crippen molar-refractivity contribution >= 4 is 23.2 Å². The summed E-state index contributed by atoms with van der Waals surface area (Å²) in [5.74, 6) is 0.128. The number of hydrogen-bond acceptors (Lipinski definition) is 4. The van der Waals surface area contributed by atoms with Crippen LogP contribution >= 0.6 is 11.3 Å². The second-order valence-electron chi connectivity index (χ2n) is 5.35. The molecular weight excluding hydrogens is 286 g/mol. The molecular formula is C15H23N3O2S. The van der Waals surface area contributed by atoms with Crippen LogP contribution in [0.2, 0.25) is 0 Å². The molecule has 1 atom stereocenters. The smallest absolute Gasteiger partial charge is 0.254 e. The summed E-state index contributed by atoms with van der Waals surface area (Å²) in [6.45, 7) is 4.88. The van der Waals surface area contributed by atoms with Gasteiger partial charge in [0.2, 0.25) is 5.91 Å². The van der Waals surface area contributed by atoms with Crippen molar-refractivity contribution < 1.29 is 9.59 Å². The first-order valence-electron chi connectivity index (χ1n) is 7.47. The summed E-state index contributed by atoms with van der Waals surface area (Å²) < 4.78 is 0. The Morgan fingerprint density at radius 2 is 1.95 bits per heavy atom. The number of nitrogens with two attached hydrogens (primary N) is 1. The number of carbonyl (C=O) groups is 2. The molecule has 1 aromatic heterocycles. The molecule has 1 unspecified atom stereocenters. The third-order valence-corrected chi connectivity index (χ3v) is 4.60. The van der Waals surface area contributed by atoms with E-state index in [0.717, 1.165) is 18.4 Å². The largest absolute Gasteiger partial charge is 0.339 e. The van der Waals surface area contributed by atoms with Crippen LogP contribution in [-0.2, 0) is 4.79 Å². The topological polar surface area (TPSA) is 66.6 Å². The number of piperazine rings is 1. The summed E-state index contributed by atoms with van der Waals surface area (Å²) in [7, 11) is 0. The van der Waals surface area contributed by atoms with Crippen molar-refractivity contribution in [2.24, 2.45) is 11.7 Å². The molecule has 2 N–H and O–H groups in total. The predicted molar refractivity (Wildman–Crippen MR) is 84.3 cm³/mol. The van der Waals surface area contributed by atoms with Crippen LogP contribution in [0.15, 0.2) is 16.8 Å². The monoisotopic (exact) mass is 309 g/mol. The van der Waals surface area contributed by atoms with E-state index in [1.54, 1.807) is 0 Å². The van der Waals surface area contributed by atoms with Crippen LogP contribution in [-0.4, -0.2) is 54.3 Å². The zero-order valence-corrected chi connectivity index (χ0v) is 13.3. The van der Waals surface area contributed by atoms with E-state index in [9.17, 15) is 9.59 Å². The highest BCUT2D eigenvalue weighted by molar-refractivity contribution is 7.08. The second kappa shape index (κ2) is 7.56. The van der Waals surface area contributed by atoms with Gasteiger partial charge in [0.1, 0.15) is 0 Å². The molecule has 21 heavy (non-hydrogen) atoms. The Bertz CT molecular complexity index is 467. The molecule has 0 bridgehead atoms. The van der Waals surface area contributed by atoms with Crippen LogP contribution in [0.1, 0.15) is 30.1 Å². The Labute approximate surface area is 129 Å². The van der Waals surface area contributed by atoms with E-state index in [1.807, 2.05) is 26.6 Å². The number of carbonyl (C=O) groups excluding carboxylic acids is 2. The summed E-state index contributed by atoms with van der Waals surface area (Å²) in [4.78, 5) is 28.3. The van der Waals surface area contributed by atoms with Gasteiger partial charge in [-0.05, 0) is 17.9 Å². The van der Waals surface area contributed by atoms with Gasteiger partial charge in [0.25, 0.3) is 5.91 Å². The van der Waals surface area contributed by atoms with E-state index < -0.39 is 0 Å². The van der Waals surface area contributed by atoms with Crippen LogP contribution in [0.4, 0.5) is 0 Å². The minimum absolute atomic E-state index is 0.0623. The third kappa shape index (κ3) is 3.83. The number of rotatable bonds is 5. The van der Waals surface area contributed by atoms with Crippen molar-refractivity contribution in [2.45, 2.75) is 19.8 Å². The summed E-state index contributed by atoms with van der Waals surface area (Å²) in [6, 6.07) is 1.84. The quantitative estimate of drug-likeness (QED) is 0.894. The Morgan fingerprint density at radius 1 is 1.29 bits per heavy atom. The summed E-state index contributed by atoms with van der Waals surface area (Å²) in [5.41, 5.74) is 6.44. The molecule has 0 radical (unpaired) electrons. The Balaban J connectivity index is 1.88. The van der Waals surface area contributed by atoms with Crippen molar-refractivity contribution in [3.63, 3.8) is 0 Å². The molecule has 1 aromatic rings. The van der Waals surface area contributed by atoms with E-state index in [-0.39, 0.29) is 17.7 Å². The highest BCUT2D eigenvalue weighted by Crippen LogP contribution is 2.15. The van der Waals surface area contributed by atoms with Gasteiger partial charge < -0.3 is 15.5 Å². The Morgan fingerprint density at radius 3 is 2.48 bits per heavy atom. The predicted octanol–water partition coefficient (Wildman–Crippen LogP) is 1.41. The van der Waals surface area contributed by atoms with Crippen molar-refractivity contribution in [3.8, 4) is 0 Å². The molecule has 2 amide bonds. The first kappa shape index (κ1) is 16.0. The molecule has 0 aliphatic carbocycles. The summed E-state index contributed by atoms with van der Waals surface area (Å²) in [5, 5.41) is 3.77. The fourth-order valence-corrected chi connectivity index (χ4v) is 3.28. The van der Waals surface area contributed by atoms with E-state index in [2.05, 4.69) is 6.92 Å². The number of nitrogens with zero attached hydrogens (tertiary/aromatic N) is 2. The van der Waals surface area contributed by atoms with Gasteiger partial charge in [0.15, 0.2) is 0 Å². The lowest BCUT2D eigenvalue weighted by atomic mass is 10.0. The standard InChI is InChI=1S/C15H23N3O2S/c1-2-3-12(10-16)14(19)17-5-7-18(8-6-17)15(20)13-4-9-21-11-13/h4,9,11-12H,2-3,5-8,10,16H2,1H3. The zero-order chi connectivity index (χ0) is 15.2. The molecule has 5 nitrogen and oxygen atoms in total. The highest BCUT2D eigenvalue weighted by Gasteiger charge is 2.28. The van der Waals surface area contributed by atoms with Gasteiger partial charge in [-0.15, -0.1) is 0 Å². The molecule has 6 heteroatoms. The van der Waals surface area contributed by atoms with Gasteiger partial charge in [-0.25, -0.2) is 0 Å². The van der Waals surface area contributed by atoms with Crippen LogP contribution in [0.3, 0.4) is 0 Å². The average Bonchev–Trinajstić information content (AvgIpc) is 3.06. The van der Waals surface area contributed by atoms with Crippen molar-refractivity contribution in [1.82, 2.24) is 9.80 Å². The number of hydrogen-bond donors (Lipinski definition) is 1. The van der Waals surface area contributed by atoms with Gasteiger partial charge in [0, 0.05) is 38.1 Å². The lowest BCUT2D eigenvalue weighted by molar-refractivity contribution is -0.136. The number of amides is 2. The van der Waals surface area contributed by atoms with E-state index >= 15 is 0 Å². The fraction of sp³-hybridized carbons (Fsp3) is 0.600. The Kier molecular flexibility index (Phi) is 5.76. The molecule has 1 fully saturated rings. The fourth-order valence-electron chi connectivity index (χ4n) is 2.65. The molecule has 1 aliphatic rings. The average molecular weight is 309 g/mol. The van der Waals surface area contributed by atoms with Gasteiger partial charge in [0.05, 0.1) is 11.5 Å². The van der Waals surface area contributed by atoms with Crippen LogP contribution < -0.4 is 5.73 Å². The normalized spacial score (nSPS) is 16.9. The minimum atomic E-state index is -0.0749. The molecule has 2 rings (SSSR count). The van der Waals surface area contributed by atoms with Crippen LogP contribution in [0, 0.1) is 5.92 Å². The first-order chi connectivity index (χ1) is 10.2. The lowest BCUT2D eigenvalue weighted by Crippen LogP contribution is -2.52. The highest BCUT2D eigenvalue weighted by atomic mass is 32.1. The van der Waals surface area contributed by atoms with Crippen LogP contribution in [0.25, 0.3) is 0 Å². The minimum Gasteiger partial charge on any atom is -0.339 e. The van der Waals surface area contributed by atoms with Gasteiger partial charge in [-0.3, -0.25) is 9.59 Å². The summed E-state index contributed by atoms with van der Waals surface area (Å²) >= 11 is 1.52. The van der Waals surface area contributed by atoms with E-state index in [0.29, 0.717) is 32.7 Å². The van der Waals surface area contributed by atoms with Crippen molar-refractivity contribution in [1.29, 1.82) is 0 Å². The molecule has 1 saturated heterocycles. The third-order valence-electron chi connectivity index (χ3n) is 3.92. The first-order valence-corrected chi connectivity index (χ1v) is 8.42. The molecule has 116 valence electrons. The molecule has 1 aliphatic heterocycles. The molecule has 0 spiro atoms. The van der Waals surface area contributed by atoms with Crippen LogP contribution in [0.5, 0.6) is 0 Å². The molecule has 0 saturated carbocycles. The van der Waals surface area contributed by atoms with Gasteiger partial charge in [-0.1, -0.05) is 13.3 Å². The lowest BCUT2D eigenvalue weighted by Gasteiger charge is -2.36. The SMILES string of the molecule is CCCC(CN)C(=O)N1CCN(C(=O)c2ccsc2)CC1. The van der Waals surface area contributed by atoms with E-state index in [4.69, 9.17) is 5.73 Å². The maximum atomic E-state index is 12.4. The maximum Gasteiger partial charge on any atom is 0.254 e. The van der Waals surface area contributed by atoms with Gasteiger partial charge >= 0.3 is 0 Å². The molecule has 2 heterocycles. The maximum absolute atomic E-state index is 12.4. The van der Waals surface area contributed by atoms with E-state index in [1.165, 1.54) is 11.3 Å². The second-order valence-corrected chi connectivity index (χ2v) is 6.13. The number of thiophene rings is 1. The van der Waals surface area contributed by atoms with Gasteiger partial charge in [-0.2, -0.15) is 11.3 Å². The van der Waals surface area contributed by atoms with Crippen molar-refractivity contribution in [2.75, 3.05) is 32.7 Å².